The maximum atomic E-state index is 13.0. The van der Waals surface area contributed by atoms with Crippen molar-refractivity contribution in [2.45, 2.75) is 32.6 Å². The van der Waals surface area contributed by atoms with Gasteiger partial charge in [0.2, 0.25) is 5.91 Å². The molecular weight excluding hydrogens is 319 g/mol. The summed E-state index contributed by atoms with van der Waals surface area (Å²) in [7, 11) is 0. The minimum Gasteiger partial charge on any atom is -0.322 e. The van der Waals surface area contributed by atoms with Gasteiger partial charge >= 0.3 is 0 Å². The van der Waals surface area contributed by atoms with Crippen LogP contribution >= 0.6 is 0 Å². The summed E-state index contributed by atoms with van der Waals surface area (Å²) < 4.78 is 13.0. The third kappa shape index (κ3) is 3.87. The fourth-order valence-electron chi connectivity index (χ4n) is 3.00. The normalized spacial score (nSPS) is 13.5. The first-order valence-corrected chi connectivity index (χ1v) is 8.58. The van der Waals surface area contributed by atoms with Crippen LogP contribution in [0.1, 0.15) is 42.1 Å². The van der Waals surface area contributed by atoms with Gasteiger partial charge in [0.15, 0.2) is 0 Å². The third-order valence-electron chi connectivity index (χ3n) is 4.38. The van der Waals surface area contributed by atoms with Gasteiger partial charge in [0.1, 0.15) is 5.82 Å². The molecule has 25 heavy (non-hydrogen) atoms. The molecule has 0 aromatic heterocycles. The minimum absolute atomic E-state index is 0.157. The molecule has 1 aliphatic rings. The van der Waals surface area contributed by atoms with Crippen LogP contribution < -0.4 is 10.2 Å². The Morgan fingerprint density at radius 1 is 1.16 bits per heavy atom. The fourth-order valence-corrected chi connectivity index (χ4v) is 3.00. The number of hydrogen-bond acceptors (Lipinski definition) is 2. The second-order valence-corrected chi connectivity index (χ2v) is 6.20. The number of hydrogen-bond donors (Lipinski definition) is 1. The highest BCUT2D eigenvalue weighted by Crippen LogP contribution is 2.30. The van der Waals surface area contributed by atoms with Gasteiger partial charge in [-0.1, -0.05) is 13.3 Å². The number of nitrogens with one attached hydrogen (secondary N) is 1. The highest BCUT2D eigenvalue weighted by molar-refractivity contribution is 6.04. The summed E-state index contributed by atoms with van der Waals surface area (Å²) in [5, 5.41) is 2.83. The van der Waals surface area contributed by atoms with Gasteiger partial charge in [0.05, 0.1) is 0 Å². The molecule has 0 fully saturated rings. The molecule has 3 rings (SSSR count). The number of nitrogens with zero attached hydrogens (tertiary/aromatic N) is 1. The van der Waals surface area contributed by atoms with Crippen molar-refractivity contribution >= 4 is 23.2 Å². The number of halogens is 1. The maximum absolute atomic E-state index is 13.0. The van der Waals surface area contributed by atoms with Gasteiger partial charge < -0.3 is 10.2 Å². The lowest BCUT2D eigenvalue weighted by Gasteiger charge is -2.29. The molecule has 5 heteroatoms. The Kier molecular flexibility index (Phi) is 5.12. The quantitative estimate of drug-likeness (QED) is 0.888. The molecule has 0 bridgehead atoms. The van der Waals surface area contributed by atoms with E-state index in [2.05, 4.69) is 12.2 Å². The lowest BCUT2D eigenvalue weighted by Crippen LogP contribution is -2.35. The highest BCUT2D eigenvalue weighted by Gasteiger charge is 2.23. The van der Waals surface area contributed by atoms with Crippen molar-refractivity contribution in [3.8, 4) is 0 Å². The molecule has 2 aromatic rings. The summed E-state index contributed by atoms with van der Waals surface area (Å²) >= 11 is 0. The smallest absolute Gasteiger partial charge is 0.255 e. The number of aryl methyl sites for hydroxylation is 1. The highest BCUT2D eigenvalue weighted by atomic mass is 19.1. The van der Waals surface area contributed by atoms with E-state index in [9.17, 15) is 14.0 Å². The number of amides is 2. The number of unbranched alkanes of at least 4 members (excludes halogenated alkanes) is 1. The Labute approximate surface area is 146 Å². The molecular formula is C20H21FN2O2. The number of fused-ring (bicyclic) bond motifs is 1. The predicted octanol–water partition coefficient (Wildman–Crippen LogP) is 4.16. The second-order valence-electron chi connectivity index (χ2n) is 6.20. The van der Waals surface area contributed by atoms with Gasteiger partial charge in [-0.15, -0.1) is 0 Å². The Balaban J connectivity index is 1.77. The first-order valence-electron chi connectivity index (χ1n) is 8.58. The molecule has 4 nitrogen and oxygen atoms in total. The van der Waals surface area contributed by atoms with Crippen molar-refractivity contribution < 1.29 is 14.0 Å². The second kappa shape index (κ2) is 7.47. The van der Waals surface area contributed by atoms with Crippen molar-refractivity contribution in [3.63, 3.8) is 0 Å². The van der Waals surface area contributed by atoms with E-state index < -0.39 is 0 Å². The third-order valence-corrected chi connectivity index (χ3v) is 4.38. The van der Waals surface area contributed by atoms with Crippen molar-refractivity contribution in [1.82, 2.24) is 0 Å². The first kappa shape index (κ1) is 17.1. The van der Waals surface area contributed by atoms with E-state index >= 15 is 0 Å². The average molecular weight is 340 g/mol. The zero-order chi connectivity index (χ0) is 17.8. The average Bonchev–Trinajstić information content (AvgIpc) is 2.61. The Morgan fingerprint density at radius 3 is 2.64 bits per heavy atom. The van der Waals surface area contributed by atoms with Gasteiger partial charge in [-0.05, 0) is 60.9 Å². The number of benzene rings is 2. The molecule has 0 aliphatic carbocycles. The van der Waals surface area contributed by atoms with Crippen LogP contribution in [0.25, 0.3) is 0 Å². The summed E-state index contributed by atoms with van der Waals surface area (Å²) in [6, 6.07) is 11.0. The van der Waals surface area contributed by atoms with Crippen LogP contribution in [0.4, 0.5) is 15.8 Å². The van der Waals surface area contributed by atoms with E-state index in [1.54, 1.807) is 6.07 Å². The van der Waals surface area contributed by atoms with E-state index in [1.807, 2.05) is 17.0 Å². The van der Waals surface area contributed by atoms with Crippen LogP contribution in [0.3, 0.4) is 0 Å². The number of carbonyl (C=O) groups is 2. The van der Waals surface area contributed by atoms with Crippen LogP contribution in [0.2, 0.25) is 0 Å². The Morgan fingerprint density at radius 2 is 1.92 bits per heavy atom. The van der Waals surface area contributed by atoms with E-state index in [1.165, 1.54) is 24.3 Å². The predicted molar refractivity (Wildman–Crippen MR) is 96.4 cm³/mol. The van der Waals surface area contributed by atoms with Crippen molar-refractivity contribution in [3.05, 3.63) is 59.4 Å². The minimum atomic E-state index is -0.373. The molecule has 0 saturated heterocycles. The zero-order valence-corrected chi connectivity index (χ0v) is 14.2. The van der Waals surface area contributed by atoms with Gasteiger partial charge in [-0.25, -0.2) is 4.39 Å². The van der Waals surface area contributed by atoms with E-state index in [0.717, 1.165) is 30.6 Å². The van der Waals surface area contributed by atoms with Crippen LogP contribution in [-0.2, 0) is 11.2 Å². The lowest BCUT2D eigenvalue weighted by atomic mass is 10.00. The van der Waals surface area contributed by atoms with E-state index in [4.69, 9.17) is 0 Å². The first-order chi connectivity index (χ1) is 12.1. The summed E-state index contributed by atoms with van der Waals surface area (Å²) in [6.45, 7) is 2.83. The van der Waals surface area contributed by atoms with Crippen LogP contribution in [0.5, 0.6) is 0 Å². The summed E-state index contributed by atoms with van der Waals surface area (Å²) in [5.41, 5.74) is 3.08. The lowest BCUT2D eigenvalue weighted by molar-refractivity contribution is -0.118. The van der Waals surface area contributed by atoms with Gasteiger partial charge in [-0.3, -0.25) is 9.59 Å². The zero-order valence-electron chi connectivity index (χ0n) is 14.2. The molecule has 1 heterocycles. The Bertz CT molecular complexity index is 787. The molecule has 1 aliphatic heterocycles. The molecule has 0 saturated carbocycles. The number of anilines is 2. The van der Waals surface area contributed by atoms with E-state index in [0.29, 0.717) is 24.1 Å². The Hall–Kier alpha value is -2.69. The molecule has 0 unspecified atom stereocenters. The van der Waals surface area contributed by atoms with Crippen molar-refractivity contribution in [2.24, 2.45) is 0 Å². The van der Waals surface area contributed by atoms with Crippen molar-refractivity contribution in [1.29, 1.82) is 0 Å². The number of carbonyl (C=O) groups excluding carboxylic acids is 2. The summed E-state index contributed by atoms with van der Waals surface area (Å²) in [5.74, 6) is -0.499. The van der Waals surface area contributed by atoms with Crippen LogP contribution in [-0.4, -0.2) is 18.4 Å². The standard InChI is InChI=1S/C20H21FN2O2/c1-2-3-12-23-18-10-9-17(13-15(18)6-11-19(23)24)22-20(25)14-4-7-16(21)8-5-14/h4-5,7-10,13H,2-3,6,11-12H2,1H3,(H,22,25). The molecule has 1 N–H and O–H groups in total. The van der Waals surface area contributed by atoms with Crippen LogP contribution in [0, 0.1) is 5.82 Å². The molecule has 2 amide bonds. The number of rotatable bonds is 5. The monoisotopic (exact) mass is 340 g/mol. The molecule has 0 atom stereocenters. The van der Waals surface area contributed by atoms with Gasteiger partial charge in [-0.2, -0.15) is 0 Å². The maximum Gasteiger partial charge on any atom is 0.255 e. The SMILES string of the molecule is CCCCN1C(=O)CCc2cc(NC(=O)c3ccc(F)cc3)ccc21. The molecule has 130 valence electrons. The van der Waals surface area contributed by atoms with Gasteiger partial charge in [0, 0.05) is 29.9 Å². The van der Waals surface area contributed by atoms with Crippen molar-refractivity contribution in [2.75, 3.05) is 16.8 Å². The topological polar surface area (TPSA) is 49.4 Å². The van der Waals surface area contributed by atoms with Crippen LogP contribution in [0.15, 0.2) is 42.5 Å². The summed E-state index contributed by atoms with van der Waals surface area (Å²) in [6.07, 6.45) is 3.17. The van der Waals surface area contributed by atoms with E-state index in [-0.39, 0.29) is 17.6 Å². The fraction of sp³-hybridized carbons (Fsp3) is 0.300. The summed E-state index contributed by atoms with van der Waals surface area (Å²) in [4.78, 5) is 26.3. The molecule has 0 radical (unpaired) electrons. The molecule has 0 spiro atoms. The largest absolute Gasteiger partial charge is 0.322 e. The molecule has 2 aromatic carbocycles. The van der Waals surface area contributed by atoms with Gasteiger partial charge in [0.25, 0.3) is 5.91 Å².